The van der Waals surface area contributed by atoms with Gasteiger partial charge in [-0.25, -0.2) is 19.2 Å². The van der Waals surface area contributed by atoms with E-state index in [1.165, 1.54) is 10.6 Å². The van der Waals surface area contributed by atoms with Gasteiger partial charge in [0.25, 0.3) is 0 Å². The maximum absolute atomic E-state index is 10.7. The van der Waals surface area contributed by atoms with E-state index in [1.807, 2.05) is 0 Å². The second kappa shape index (κ2) is 8.40. The SMILES string of the molecule is O=C1NC(=O)N(C(=O)O)C(=O)C1=O.O=C1NC(=O)N(C(=O)O)C(=O)C1=O.[Co]. The molecule has 2 rings (SSSR count). The molecule has 16 nitrogen and oxygen atoms in total. The van der Waals surface area contributed by atoms with Crippen LogP contribution in [0.2, 0.25) is 0 Å². The predicted molar refractivity (Wildman–Crippen MR) is 66.8 cm³/mol. The molecule has 0 saturated carbocycles. The summed E-state index contributed by atoms with van der Waals surface area (Å²) in [7, 11) is 0. The summed E-state index contributed by atoms with van der Waals surface area (Å²) in [6.45, 7) is 0. The van der Waals surface area contributed by atoms with E-state index < -0.39 is 59.4 Å². The molecule has 2 heterocycles. The molecule has 2 aliphatic rings. The van der Waals surface area contributed by atoms with Gasteiger partial charge in [-0.1, -0.05) is 0 Å². The Morgan fingerprint density at radius 1 is 0.630 bits per heavy atom. The van der Waals surface area contributed by atoms with E-state index in [2.05, 4.69) is 0 Å². The first-order valence-electron chi connectivity index (χ1n) is 5.83. The number of hydrogen-bond donors (Lipinski definition) is 4. The van der Waals surface area contributed by atoms with Crippen molar-refractivity contribution < 1.29 is 74.9 Å². The predicted octanol–water partition coefficient (Wildman–Crippen LogP) is -3.38. The Morgan fingerprint density at radius 2 is 0.889 bits per heavy atom. The standard InChI is InChI=1S/2C5H2N2O6.Co/c2*8-1-2(9)6-4(11)7(3(1)10)5(12)13;/h2*(H,12,13)(H,6,9,11);. The quantitative estimate of drug-likeness (QED) is 0.275. The molecule has 27 heavy (non-hydrogen) atoms. The van der Waals surface area contributed by atoms with Crippen LogP contribution in [0.25, 0.3) is 0 Å². The fourth-order valence-electron chi connectivity index (χ4n) is 1.35. The molecule has 0 atom stereocenters. The Bertz CT molecular complexity index is 764. The van der Waals surface area contributed by atoms with Gasteiger partial charge in [0, 0.05) is 16.8 Å². The van der Waals surface area contributed by atoms with Gasteiger partial charge in [-0.2, -0.15) is 9.80 Å². The number of hydrogen-bond acceptors (Lipinski definition) is 10. The summed E-state index contributed by atoms with van der Waals surface area (Å²) in [5, 5.41) is 19.3. The molecule has 2 fully saturated rings. The molecule has 0 spiro atoms. The first-order valence-corrected chi connectivity index (χ1v) is 5.83. The van der Waals surface area contributed by atoms with Crippen LogP contribution in [0, 0.1) is 0 Å². The van der Waals surface area contributed by atoms with Crippen molar-refractivity contribution in [1.29, 1.82) is 0 Å². The molecule has 0 aromatic carbocycles. The molecule has 10 amide bonds. The van der Waals surface area contributed by atoms with Crippen molar-refractivity contribution in [2.24, 2.45) is 0 Å². The largest absolute Gasteiger partial charge is 0.464 e. The van der Waals surface area contributed by atoms with Crippen molar-refractivity contribution in [2.75, 3.05) is 0 Å². The normalized spacial score (nSPS) is 16.7. The van der Waals surface area contributed by atoms with Crippen LogP contribution in [0.15, 0.2) is 0 Å². The molecule has 2 saturated heterocycles. The van der Waals surface area contributed by atoms with Gasteiger partial charge in [-0.3, -0.25) is 39.4 Å². The van der Waals surface area contributed by atoms with Crippen molar-refractivity contribution >= 4 is 59.4 Å². The van der Waals surface area contributed by atoms with Gasteiger partial charge in [0.15, 0.2) is 0 Å². The number of carbonyl (C=O) groups excluding carboxylic acids is 8. The minimum Gasteiger partial charge on any atom is -0.464 e. The molecule has 0 unspecified atom stereocenters. The number of imide groups is 8. The number of amides is 10. The third-order valence-electron chi connectivity index (χ3n) is 2.44. The van der Waals surface area contributed by atoms with E-state index in [1.54, 1.807) is 0 Å². The molecule has 145 valence electrons. The van der Waals surface area contributed by atoms with Crippen LogP contribution >= 0.6 is 0 Å². The van der Waals surface area contributed by atoms with Crippen molar-refractivity contribution in [3.8, 4) is 0 Å². The Labute approximate surface area is 155 Å². The Hall–Kier alpha value is -3.99. The molecular formula is C10H4CoN4O12. The van der Waals surface area contributed by atoms with Gasteiger partial charge in [0.1, 0.15) is 0 Å². The molecule has 0 aromatic rings. The molecule has 1 radical (unpaired) electrons. The van der Waals surface area contributed by atoms with Crippen LogP contribution in [0.4, 0.5) is 19.2 Å². The average Bonchev–Trinajstić information content (AvgIpc) is 2.50. The molecule has 0 aromatic heterocycles. The van der Waals surface area contributed by atoms with E-state index in [0.29, 0.717) is 0 Å². The minimum absolute atomic E-state index is 0. The van der Waals surface area contributed by atoms with Crippen LogP contribution < -0.4 is 10.6 Å². The number of nitrogens with one attached hydrogen (secondary N) is 2. The smallest absolute Gasteiger partial charge is 0.422 e. The average molecular weight is 431 g/mol. The van der Waals surface area contributed by atoms with Gasteiger partial charge < -0.3 is 10.2 Å². The molecule has 0 aliphatic carbocycles. The first-order chi connectivity index (χ1) is 11.9. The van der Waals surface area contributed by atoms with Crippen LogP contribution in [-0.4, -0.2) is 79.5 Å². The fourth-order valence-corrected chi connectivity index (χ4v) is 1.35. The van der Waals surface area contributed by atoms with E-state index in [0.717, 1.165) is 0 Å². The van der Waals surface area contributed by atoms with Crippen LogP contribution in [0.1, 0.15) is 0 Å². The number of rotatable bonds is 0. The maximum atomic E-state index is 10.7. The third kappa shape index (κ3) is 4.55. The zero-order valence-corrected chi connectivity index (χ0v) is 13.2. The molecule has 0 bridgehead atoms. The van der Waals surface area contributed by atoms with Crippen LogP contribution in [0.5, 0.6) is 0 Å². The van der Waals surface area contributed by atoms with E-state index >= 15 is 0 Å². The van der Waals surface area contributed by atoms with Gasteiger partial charge in [-0.15, -0.1) is 0 Å². The Kier molecular flexibility index (Phi) is 7.16. The molecule has 2 aliphatic heterocycles. The maximum Gasteiger partial charge on any atom is 0.422 e. The van der Waals surface area contributed by atoms with Crippen LogP contribution in [0.3, 0.4) is 0 Å². The molecule has 17 heteroatoms. The molecular weight excluding hydrogens is 427 g/mol. The van der Waals surface area contributed by atoms with Crippen molar-refractivity contribution in [3.63, 3.8) is 0 Å². The summed E-state index contributed by atoms with van der Waals surface area (Å²) >= 11 is 0. The number of Topliss-reactive ketones (excluding diaryl/α,β-unsaturated/α-hetero) is 2. The number of carbonyl (C=O) groups is 10. The zero-order valence-electron chi connectivity index (χ0n) is 12.2. The monoisotopic (exact) mass is 431 g/mol. The van der Waals surface area contributed by atoms with Gasteiger partial charge in [-0.05, 0) is 0 Å². The van der Waals surface area contributed by atoms with Gasteiger partial charge in [0.2, 0.25) is 0 Å². The van der Waals surface area contributed by atoms with Crippen molar-refractivity contribution in [2.45, 2.75) is 0 Å². The van der Waals surface area contributed by atoms with Gasteiger partial charge >= 0.3 is 59.4 Å². The van der Waals surface area contributed by atoms with E-state index in [4.69, 9.17) is 10.2 Å². The Morgan fingerprint density at radius 3 is 1.11 bits per heavy atom. The summed E-state index contributed by atoms with van der Waals surface area (Å²) in [5.74, 6) is -9.34. The summed E-state index contributed by atoms with van der Waals surface area (Å²) in [6, 6.07) is -2.88. The van der Waals surface area contributed by atoms with E-state index in [-0.39, 0.29) is 26.6 Å². The third-order valence-corrected chi connectivity index (χ3v) is 2.44. The summed E-state index contributed by atoms with van der Waals surface area (Å²) in [5.41, 5.74) is 0. The van der Waals surface area contributed by atoms with Crippen molar-refractivity contribution in [3.05, 3.63) is 0 Å². The second-order valence-electron chi connectivity index (χ2n) is 4.02. The minimum atomic E-state index is -1.91. The fraction of sp³-hybridized carbons (Fsp3) is 0. The first kappa shape index (κ1) is 23.0. The number of nitrogens with zero attached hydrogens (tertiary/aromatic N) is 2. The second-order valence-corrected chi connectivity index (χ2v) is 4.02. The number of ketones is 2. The van der Waals surface area contributed by atoms with Crippen molar-refractivity contribution in [1.82, 2.24) is 20.4 Å². The molecule has 4 N–H and O–H groups in total. The number of carboxylic acid groups (broad SMARTS) is 2. The number of barbiturate groups is 2. The van der Waals surface area contributed by atoms with Crippen LogP contribution in [-0.2, 0) is 45.5 Å². The number of urea groups is 2. The summed E-state index contributed by atoms with van der Waals surface area (Å²) in [4.78, 5) is 104. The topological polar surface area (TPSA) is 242 Å². The Balaban J connectivity index is 0.000000483. The van der Waals surface area contributed by atoms with E-state index in [9.17, 15) is 47.9 Å². The zero-order chi connectivity index (χ0) is 20.3. The van der Waals surface area contributed by atoms with Gasteiger partial charge in [0.05, 0.1) is 0 Å². The summed E-state index contributed by atoms with van der Waals surface area (Å²) in [6.07, 6.45) is -3.83. The summed E-state index contributed by atoms with van der Waals surface area (Å²) < 4.78 is 0.